The van der Waals surface area contributed by atoms with Gasteiger partial charge >= 0.3 is 0 Å². The van der Waals surface area contributed by atoms with E-state index < -0.39 is 10.0 Å². The summed E-state index contributed by atoms with van der Waals surface area (Å²) in [4.78, 5) is 14.8. The third kappa shape index (κ3) is 4.14. The smallest absolute Gasteiger partial charge is 0.253 e. The lowest BCUT2D eigenvalue weighted by Gasteiger charge is -2.34. The first-order chi connectivity index (χ1) is 15.9. The van der Waals surface area contributed by atoms with Crippen molar-refractivity contribution >= 4 is 48.5 Å². The second-order valence-electron chi connectivity index (χ2n) is 7.70. The molecule has 1 aromatic heterocycles. The average molecular weight is 529 g/mol. The van der Waals surface area contributed by atoms with Gasteiger partial charge in [-0.1, -0.05) is 12.1 Å². The fraction of sp³-hybridized carbons (Fsp3) is 0.182. The van der Waals surface area contributed by atoms with Gasteiger partial charge in [0.1, 0.15) is 4.60 Å². The molecule has 9 nitrogen and oxygen atoms in total. The largest absolute Gasteiger partial charge is 0.336 e. The first-order valence-electron chi connectivity index (χ1n) is 10.4. The Hall–Kier alpha value is -3.15. The normalized spacial score (nSPS) is 16.9. The molecule has 0 bridgehead atoms. The SMILES string of the molecule is O=C(c1ccc(C2=CC=CNN2)cc1)N1CCN(S(=O)(=O)c2ccc3c(Br)[nH]nc3c2)CC1. The number of hydrogen-bond donors (Lipinski definition) is 3. The molecule has 3 heterocycles. The molecule has 5 rings (SSSR count). The number of rotatable bonds is 4. The number of nitrogens with zero attached hydrogens (tertiary/aromatic N) is 3. The predicted molar refractivity (Wildman–Crippen MR) is 128 cm³/mol. The van der Waals surface area contributed by atoms with E-state index in [0.29, 0.717) is 28.8 Å². The van der Waals surface area contributed by atoms with Gasteiger partial charge in [-0.25, -0.2) is 8.42 Å². The van der Waals surface area contributed by atoms with Crippen molar-refractivity contribution in [1.29, 1.82) is 0 Å². The van der Waals surface area contributed by atoms with Gasteiger partial charge in [-0.3, -0.25) is 9.89 Å². The van der Waals surface area contributed by atoms with Crippen LogP contribution in [0.15, 0.2) is 70.3 Å². The number of sulfonamides is 1. The number of amides is 1. The number of hydrogen-bond acceptors (Lipinski definition) is 6. The number of allylic oxidation sites excluding steroid dienone is 2. The molecule has 1 fully saturated rings. The summed E-state index contributed by atoms with van der Waals surface area (Å²) in [5, 5.41) is 7.73. The maximum absolute atomic E-state index is 13.1. The lowest BCUT2D eigenvalue weighted by Crippen LogP contribution is -2.50. The van der Waals surface area contributed by atoms with Crippen LogP contribution in [0.5, 0.6) is 0 Å². The molecular weight excluding hydrogens is 508 g/mol. The zero-order chi connectivity index (χ0) is 23.0. The number of fused-ring (bicyclic) bond motifs is 1. The van der Waals surface area contributed by atoms with Crippen LogP contribution in [-0.4, -0.2) is 59.9 Å². The number of aromatic amines is 1. The minimum absolute atomic E-state index is 0.106. The van der Waals surface area contributed by atoms with Crippen molar-refractivity contribution in [2.75, 3.05) is 26.2 Å². The van der Waals surface area contributed by atoms with Gasteiger partial charge in [-0.15, -0.1) is 0 Å². The molecule has 3 aromatic rings. The molecule has 1 saturated heterocycles. The van der Waals surface area contributed by atoms with Crippen molar-refractivity contribution < 1.29 is 13.2 Å². The highest BCUT2D eigenvalue weighted by molar-refractivity contribution is 9.10. The van der Waals surface area contributed by atoms with Crippen molar-refractivity contribution in [2.45, 2.75) is 4.90 Å². The van der Waals surface area contributed by atoms with Crippen LogP contribution >= 0.6 is 15.9 Å². The highest BCUT2D eigenvalue weighted by atomic mass is 79.9. The van der Waals surface area contributed by atoms with E-state index in [1.165, 1.54) is 4.31 Å². The van der Waals surface area contributed by atoms with Gasteiger partial charge in [-0.2, -0.15) is 9.40 Å². The number of benzene rings is 2. The van der Waals surface area contributed by atoms with E-state index in [1.54, 1.807) is 41.4 Å². The lowest BCUT2D eigenvalue weighted by molar-refractivity contribution is 0.0698. The summed E-state index contributed by atoms with van der Waals surface area (Å²) in [5.41, 5.74) is 8.99. The van der Waals surface area contributed by atoms with Gasteiger partial charge in [0.25, 0.3) is 5.91 Å². The zero-order valence-corrected chi connectivity index (χ0v) is 19.9. The first kappa shape index (κ1) is 21.7. The third-order valence-corrected chi connectivity index (χ3v) is 8.24. The second-order valence-corrected chi connectivity index (χ2v) is 10.4. The molecule has 0 spiro atoms. The highest BCUT2D eigenvalue weighted by Crippen LogP contribution is 2.26. The third-order valence-electron chi connectivity index (χ3n) is 5.74. The Morgan fingerprint density at radius 2 is 1.79 bits per heavy atom. The molecule has 170 valence electrons. The van der Waals surface area contributed by atoms with Crippen molar-refractivity contribution in [3.05, 3.63) is 76.5 Å². The average Bonchev–Trinajstić information content (AvgIpc) is 3.24. The fourth-order valence-electron chi connectivity index (χ4n) is 3.90. The number of carbonyl (C=O) groups is 1. The quantitative estimate of drug-likeness (QED) is 0.479. The standard InChI is InChI=1S/C22H21BrN6O3S/c23-21-18-8-7-17(14-20(18)26-27-21)33(31,32)29-12-10-28(11-13-29)22(30)16-5-3-15(4-6-16)19-2-1-9-24-25-19/h1-9,14,24-25H,10-13H2,(H,26,27). The van der Waals surface area contributed by atoms with Crippen LogP contribution in [-0.2, 0) is 10.0 Å². The van der Waals surface area contributed by atoms with E-state index in [-0.39, 0.29) is 23.9 Å². The van der Waals surface area contributed by atoms with Crippen molar-refractivity contribution in [3.63, 3.8) is 0 Å². The molecule has 0 aliphatic carbocycles. The molecule has 2 aliphatic rings. The summed E-state index contributed by atoms with van der Waals surface area (Å²) >= 11 is 3.36. The Balaban J connectivity index is 1.25. The maximum Gasteiger partial charge on any atom is 0.253 e. The zero-order valence-electron chi connectivity index (χ0n) is 17.5. The summed E-state index contributed by atoms with van der Waals surface area (Å²) in [5.74, 6) is -0.106. The molecule has 2 aliphatic heterocycles. The van der Waals surface area contributed by atoms with Crippen LogP contribution in [0.3, 0.4) is 0 Å². The van der Waals surface area contributed by atoms with Gasteiger partial charge in [0, 0.05) is 43.3 Å². The van der Waals surface area contributed by atoms with E-state index in [9.17, 15) is 13.2 Å². The molecule has 1 amide bonds. The number of piperazine rings is 1. The highest BCUT2D eigenvalue weighted by Gasteiger charge is 2.31. The molecule has 0 unspecified atom stereocenters. The molecule has 3 N–H and O–H groups in total. The van der Waals surface area contributed by atoms with Crippen molar-refractivity contribution in [1.82, 2.24) is 30.3 Å². The predicted octanol–water partition coefficient (Wildman–Crippen LogP) is 2.43. The Morgan fingerprint density at radius 3 is 2.48 bits per heavy atom. The van der Waals surface area contributed by atoms with Crippen molar-refractivity contribution in [3.8, 4) is 0 Å². The summed E-state index contributed by atoms with van der Waals surface area (Å²) in [6.45, 7) is 1.14. The number of aromatic nitrogens is 2. The molecule has 2 aromatic carbocycles. The molecule has 11 heteroatoms. The van der Waals surface area contributed by atoms with Gasteiger partial charge in [-0.05, 0) is 64.0 Å². The number of H-pyrrole nitrogens is 1. The van der Waals surface area contributed by atoms with Crippen LogP contribution in [0.2, 0.25) is 0 Å². The molecular formula is C22H21BrN6O3S. The van der Waals surface area contributed by atoms with Crippen LogP contribution in [0.25, 0.3) is 16.6 Å². The topological polar surface area (TPSA) is 110 Å². The molecule has 33 heavy (non-hydrogen) atoms. The number of nitrogens with one attached hydrogen (secondary N) is 3. The summed E-state index contributed by atoms with van der Waals surface area (Å²) in [7, 11) is -3.67. The lowest BCUT2D eigenvalue weighted by atomic mass is 10.1. The van der Waals surface area contributed by atoms with Crippen LogP contribution in [0.4, 0.5) is 0 Å². The van der Waals surface area contributed by atoms with Gasteiger partial charge in [0.05, 0.1) is 16.1 Å². The minimum Gasteiger partial charge on any atom is -0.336 e. The first-order valence-corrected chi connectivity index (χ1v) is 12.6. The number of hydrazine groups is 1. The Kier molecular flexibility index (Phi) is 5.69. The monoisotopic (exact) mass is 528 g/mol. The van der Waals surface area contributed by atoms with Crippen LogP contribution in [0, 0.1) is 0 Å². The van der Waals surface area contributed by atoms with Crippen LogP contribution in [0.1, 0.15) is 15.9 Å². The number of carbonyl (C=O) groups excluding carboxylic acids is 1. The van der Waals surface area contributed by atoms with Gasteiger partial charge < -0.3 is 15.8 Å². The summed E-state index contributed by atoms with van der Waals surface area (Å²) in [6, 6.07) is 12.2. The number of halogens is 1. The molecule has 0 atom stereocenters. The Labute approximate surface area is 199 Å². The van der Waals surface area contributed by atoms with Crippen molar-refractivity contribution in [2.24, 2.45) is 0 Å². The van der Waals surface area contributed by atoms with E-state index in [2.05, 4.69) is 37.0 Å². The maximum atomic E-state index is 13.1. The summed E-state index contributed by atoms with van der Waals surface area (Å²) < 4.78 is 28.4. The van der Waals surface area contributed by atoms with E-state index in [0.717, 1.165) is 16.6 Å². The molecule has 0 radical (unpaired) electrons. The minimum atomic E-state index is -3.67. The van der Waals surface area contributed by atoms with E-state index in [4.69, 9.17) is 0 Å². The second kappa shape index (κ2) is 8.65. The summed E-state index contributed by atoms with van der Waals surface area (Å²) in [6.07, 6.45) is 5.62. The van der Waals surface area contributed by atoms with Gasteiger partial charge in [0.2, 0.25) is 10.0 Å². The van der Waals surface area contributed by atoms with Gasteiger partial charge in [0.15, 0.2) is 0 Å². The van der Waals surface area contributed by atoms with E-state index >= 15 is 0 Å². The van der Waals surface area contributed by atoms with Crippen LogP contribution < -0.4 is 10.9 Å². The Bertz CT molecular complexity index is 1370. The fourth-order valence-corrected chi connectivity index (χ4v) is 5.76. The molecule has 0 saturated carbocycles. The Morgan fingerprint density at radius 1 is 1.03 bits per heavy atom. The van der Waals surface area contributed by atoms with E-state index in [1.807, 2.05) is 24.3 Å².